The molecule has 0 spiro atoms. The Morgan fingerprint density at radius 1 is 1.29 bits per heavy atom. The van der Waals surface area contributed by atoms with E-state index in [2.05, 4.69) is 16.4 Å². The summed E-state index contributed by atoms with van der Waals surface area (Å²) in [5.74, 6) is 1.69. The van der Waals surface area contributed by atoms with Crippen LogP contribution in [0.15, 0.2) is 40.8 Å². The molecule has 0 aliphatic heterocycles. The maximum atomic E-state index is 9.20. The fraction of sp³-hybridized carbons (Fsp3) is 0.312. The SMILES string of the molecule is CC(O)CCNCc1ccc(-c2nc3ccccc3s2)o1. The minimum absolute atomic E-state index is 0.271. The predicted molar refractivity (Wildman–Crippen MR) is 85.3 cm³/mol. The summed E-state index contributed by atoms with van der Waals surface area (Å²) in [7, 11) is 0. The molecule has 1 unspecified atom stereocenters. The summed E-state index contributed by atoms with van der Waals surface area (Å²) in [6, 6.07) is 12.0. The molecule has 1 aromatic carbocycles. The highest BCUT2D eigenvalue weighted by Gasteiger charge is 2.10. The lowest BCUT2D eigenvalue weighted by Crippen LogP contribution is -2.18. The molecule has 4 nitrogen and oxygen atoms in total. The molecule has 1 atom stereocenters. The van der Waals surface area contributed by atoms with Crippen LogP contribution >= 0.6 is 11.3 Å². The van der Waals surface area contributed by atoms with E-state index >= 15 is 0 Å². The van der Waals surface area contributed by atoms with Gasteiger partial charge in [-0.1, -0.05) is 12.1 Å². The Morgan fingerprint density at radius 2 is 2.14 bits per heavy atom. The summed E-state index contributed by atoms with van der Waals surface area (Å²) in [6.07, 6.45) is 0.471. The lowest BCUT2D eigenvalue weighted by atomic mass is 10.3. The maximum Gasteiger partial charge on any atom is 0.163 e. The smallest absolute Gasteiger partial charge is 0.163 e. The Bertz CT molecular complexity index is 685. The zero-order valence-corrected chi connectivity index (χ0v) is 12.7. The van der Waals surface area contributed by atoms with E-state index in [1.54, 1.807) is 18.3 Å². The van der Waals surface area contributed by atoms with Gasteiger partial charge < -0.3 is 14.8 Å². The number of thiazole rings is 1. The number of furan rings is 1. The molecule has 0 amide bonds. The van der Waals surface area contributed by atoms with Crippen molar-refractivity contribution in [1.82, 2.24) is 10.3 Å². The van der Waals surface area contributed by atoms with Crippen LogP contribution in [0, 0.1) is 0 Å². The van der Waals surface area contributed by atoms with E-state index in [1.165, 1.54) is 4.70 Å². The second kappa shape index (κ2) is 6.39. The molecule has 21 heavy (non-hydrogen) atoms. The minimum atomic E-state index is -0.271. The van der Waals surface area contributed by atoms with Crippen molar-refractivity contribution < 1.29 is 9.52 Å². The van der Waals surface area contributed by atoms with Crippen molar-refractivity contribution in [3.8, 4) is 10.8 Å². The third-order valence-electron chi connectivity index (χ3n) is 3.20. The average molecular weight is 302 g/mol. The summed E-state index contributed by atoms with van der Waals surface area (Å²) in [4.78, 5) is 4.59. The molecule has 0 saturated carbocycles. The van der Waals surface area contributed by atoms with Crippen LogP contribution < -0.4 is 5.32 Å². The van der Waals surface area contributed by atoms with Gasteiger partial charge in [-0.2, -0.15) is 0 Å². The molecule has 0 saturated heterocycles. The van der Waals surface area contributed by atoms with E-state index in [9.17, 15) is 5.11 Å². The number of rotatable bonds is 6. The van der Waals surface area contributed by atoms with Crippen molar-refractivity contribution in [2.45, 2.75) is 26.0 Å². The van der Waals surface area contributed by atoms with Gasteiger partial charge in [0.05, 0.1) is 22.9 Å². The highest BCUT2D eigenvalue weighted by Crippen LogP contribution is 2.30. The Morgan fingerprint density at radius 3 is 2.95 bits per heavy atom. The Kier molecular flexibility index (Phi) is 4.34. The standard InChI is InChI=1S/C16H18N2O2S/c1-11(19)8-9-17-10-12-6-7-14(20-12)16-18-13-4-2-3-5-15(13)21-16/h2-7,11,17,19H,8-10H2,1H3. The number of aromatic nitrogens is 1. The summed E-state index contributed by atoms with van der Waals surface area (Å²) < 4.78 is 7.00. The maximum absolute atomic E-state index is 9.20. The zero-order chi connectivity index (χ0) is 14.7. The van der Waals surface area contributed by atoms with E-state index in [0.717, 1.165) is 35.0 Å². The third kappa shape index (κ3) is 3.50. The largest absolute Gasteiger partial charge is 0.457 e. The van der Waals surface area contributed by atoms with Crippen LogP contribution in [-0.2, 0) is 6.54 Å². The summed E-state index contributed by atoms with van der Waals surface area (Å²) in [6.45, 7) is 3.23. The quantitative estimate of drug-likeness (QED) is 0.685. The van der Waals surface area contributed by atoms with E-state index in [0.29, 0.717) is 6.54 Å². The molecule has 0 bridgehead atoms. The third-order valence-corrected chi connectivity index (χ3v) is 4.26. The highest BCUT2D eigenvalue weighted by atomic mass is 32.1. The van der Waals surface area contributed by atoms with Gasteiger partial charge in [-0.15, -0.1) is 11.3 Å². The number of aliphatic hydroxyl groups excluding tert-OH is 1. The first kappa shape index (κ1) is 14.3. The van der Waals surface area contributed by atoms with E-state index in [4.69, 9.17) is 4.42 Å². The van der Waals surface area contributed by atoms with Crippen molar-refractivity contribution in [2.24, 2.45) is 0 Å². The molecule has 2 heterocycles. The molecule has 2 aromatic heterocycles. The average Bonchev–Trinajstić information content (AvgIpc) is 3.09. The number of benzene rings is 1. The number of fused-ring (bicyclic) bond motifs is 1. The Balaban J connectivity index is 1.66. The molecular formula is C16H18N2O2S. The van der Waals surface area contributed by atoms with Gasteiger partial charge in [0.15, 0.2) is 10.8 Å². The molecule has 5 heteroatoms. The van der Waals surface area contributed by atoms with Gasteiger partial charge in [0.1, 0.15) is 5.76 Å². The van der Waals surface area contributed by atoms with E-state index in [1.807, 2.05) is 30.3 Å². The molecule has 110 valence electrons. The van der Waals surface area contributed by atoms with Gasteiger partial charge in [-0.25, -0.2) is 4.98 Å². The minimum Gasteiger partial charge on any atom is -0.457 e. The van der Waals surface area contributed by atoms with E-state index in [-0.39, 0.29) is 6.10 Å². The van der Waals surface area contributed by atoms with Crippen LogP contribution in [0.25, 0.3) is 21.0 Å². The fourth-order valence-electron chi connectivity index (χ4n) is 2.09. The van der Waals surface area contributed by atoms with Crippen LogP contribution in [0.5, 0.6) is 0 Å². The fourth-order valence-corrected chi connectivity index (χ4v) is 3.02. The first-order valence-corrected chi connectivity index (χ1v) is 7.87. The topological polar surface area (TPSA) is 58.3 Å². The normalized spacial score (nSPS) is 12.9. The number of hydrogen-bond donors (Lipinski definition) is 2. The van der Waals surface area contributed by atoms with Gasteiger partial charge in [0.25, 0.3) is 0 Å². The molecule has 0 aliphatic rings. The van der Waals surface area contributed by atoms with Crippen molar-refractivity contribution >= 4 is 21.6 Å². The summed E-state index contributed by atoms with van der Waals surface area (Å²) in [5.41, 5.74) is 1.01. The lowest BCUT2D eigenvalue weighted by Gasteiger charge is -2.04. The number of nitrogens with zero attached hydrogens (tertiary/aromatic N) is 1. The molecular weight excluding hydrogens is 284 g/mol. The number of nitrogens with one attached hydrogen (secondary N) is 1. The molecule has 3 aromatic rings. The van der Waals surface area contributed by atoms with Crippen molar-refractivity contribution in [2.75, 3.05) is 6.54 Å². The molecule has 3 rings (SSSR count). The van der Waals surface area contributed by atoms with Crippen molar-refractivity contribution in [1.29, 1.82) is 0 Å². The van der Waals surface area contributed by atoms with Gasteiger partial charge in [-0.3, -0.25) is 0 Å². The van der Waals surface area contributed by atoms with Gasteiger partial charge in [-0.05, 0) is 44.2 Å². The summed E-state index contributed by atoms with van der Waals surface area (Å²) in [5, 5.41) is 13.4. The van der Waals surface area contributed by atoms with Crippen LogP contribution in [0.1, 0.15) is 19.1 Å². The number of hydrogen-bond acceptors (Lipinski definition) is 5. The molecule has 2 N–H and O–H groups in total. The molecule has 0 radical (unpaired) electrons. The Hall–Kier alpha value is -1.69. The lowest BCUT2D eigenvalue weighted by molar-refractivity contribution is 0.183. The number of aliphatic hydroxyl groups is 1. The number of para-hydroxylation sites is 1. The highest BCUT2D eigenvalue weighted by molar-refractivity contribution is 7.21. The van der Waals surface area contributed by atoms with Gasteiger partial charge in [0.2, 0.25) is 0 Å². The first-order valence-electron chi connectivity index (χ1n) is 7.06. The molecule has 0 aliphatic carbocycles. The monoisotopic (exact) mass is 302 g/mol. The van der Waals surface area contributed by atoms with Gasteiger partial charge in [0, 0.05) is 0 Å². The predicted octanol–water partition coefficient (Wildman–Crippen LogP) is 3.42. The second-order valence-electron chi connectivity index (χ2n) is 5.07. The van der Waals surface area contributed by atoms with Crippen LogP contribution in [0.4, 0.5) is 0 Å². The Labute approximate surface area is 127 Å². The van der Waals surface area contributed by atoms with Crippen molar-refractivity contribution in [3.63, 3.8) is 0 Å². The van der Waals surface area contributed by atoms with Crippen molar-refractivity contribution in [3.05, 3.63) is 42.2 Å². The second-order valence-corrected chi connectivity index (χ2v) is 6.10. The summed E-state index contributed by atoms with van der Waals surface area (Å²) >= 11 is 1.64. The van der Waals surface area contributed by atoms with Crippen LogP contribution in [-0.4, -0.2) is 22.7 Å². The zero-order valence-electron chi connectivity index (χ0n) is 11.9. The van der Waals surface area contributed by atoms with Crippen LogP contribution in [0.2, 0.25) is 0 Å². The van der Waals surface area contributed by atoms with Crippen LogP contribution in [0.3, 0.4) is 0 Å². The van der Waals surface area contributed by atoms with E-state index < -0.39 is 0 Å². The van der Waals surface area contributed by atoms with Gasteiger partial charge >= 0.3 is 0 Å². The first-order chi connectivity index (χ1) is 10.2. The molecule has 0 fully saturated rings.